The summed E-state index contributed by atoms with van der Waals surface area (Å²) in [6.45, 7) is 3.76. The molecule has 0 fully saturated rings. The molecule has 0 amide bonds. The lowest BCUT2D eigenvalue weighted by Gasteiger charge is -2.08. The second-order valence-electron chi connectivity index (χ2n) is 5.22. The van der Waals surface area contributed by atoms with Gasteiger partial charge >= 0.3 is 5.97 Å². The minimum atomic E-state index is -0.532. The van der Waals surface area contributed by atoms with Crippen LogP contribution in [0.1, 0.15) is 22.8 Å². The van der Waals surface area contributed by atoms with Crippen molar-refractivity contribution in [2.45, 2.75) is 13.8 Å². The highest BCUT2D eigenvalue weighted by Crippen LogP contribution is 2.32. The number of carbonyl (C=O) groups is 1. The van der Waals surface area contributed by atoms with Gasteiger partial charge < -0.3 is 4.74 Å². The molecule has 1 aromatic carbocycles. The van der Waals surface area contributed by atoms with E-state index in [4.69, 9.17) is 16.3 Å². The van der Waals surface area contributed by atoms with E-state index in [9.17, 15) is 9.18 Å². The van der Waals surface area contributed by atoms with Crippen molar-refractivity contribution < 1.29 is 13.9 Å². The van der Waals surface area contributed by atoms with E-state index < -0.39 is 5.97 Å². The van der Waals surface area contributed by atoms with Gasteiger partial charge in [-0.15, -0.1) is 0 Å². The number of pyridine rings is 1. The third-order valence-corrected chi connectivity index (χ3v) is 4.36. The molecule has 0 atom stereocenters. The molecule has 0 aliphatic carbocycles. The molecule has 0 saturated carbocycles. The van der Waals surface area contributed by atoms with Crippen molar-refractivity contribution in [3.05, 3.63) is 57.0 Å². The van der Waals surface area contributed by atoms with Gasteiger partial charge in [0.25, 0.3) is 0 Å². The first kappa shape index (κ1) is 16.9. The Morgan fingerprint density at radius 3 is 2.83 bits per heavy atom. The van der Waals surface area contributed by atoms with Gasteiger partial charge in [-0.3, -0.25) is 4.40 Å². The molecule has 0 aliphatic heterocycles. The Hall–Kier alpha value is -1.92. The van der Waals surface area contributed by atoms with Crippen LogP contribution in [0.2, 0.25) is 5.02 Å². The van der Waals surface area contributed by atoms with Gasteiger partial charge in [0.15, 0.2) is 0 Å². The number of aryl methyl sites for hydroxylation is 1. The summed E-state index contributed by atoms with van der Waals surface area (Å²) in [4.78, 5) is 16.7. The number of ether oxygens (including phenoxy) is 1. The number of halogens is 3. The Labute approximate surface area is 151 Å². The van der Waals surface area contributed by atoms with Crippen molar-refractivity contribution in [1.29, 1.82) is 0 Å². The third-order valence-electron chi connectivity index (χ3n) is 3.49. The van der Waals surface area contributed by atoms with Gasteiger partial charge in [-0.2, -0.15) is 0 Å². The second kappa shape index (κ2) is 6.53. The highest BCUT2D eigenvalue weighted by molar-refractivity contribution is 9.10. The summed E-state index contributed by atoms with van der Waals surface area (Å²) in [6, 6.07) is 6.25. The highest BCUT2D eigenvalue weighted by Gasteiger charge is 2.22. The first-order valence-corrected chi connectivity index (χ1v) is 8.40. The zero-order valence-electron chi connectivity index (χ0n) is 12.9. The molecule has 0 N–H and O–H groups in total. The summed E-state index contributed by atoms with van der Waals surface area (Å²) in [5.74, 6) is -0.380. The van der Waals surface area contributed by atoms with Crippen LogP contribution in [-0.4, -0.2) is 22.0 Å². The number of esters is 1. The Balaban J connectivity index is 2.30. The minimum Gasteiger partial charge on any atom is -0.462 e. The summed E-state index contributed by atoms with van der Waals surface area (Å²) >= 11 is 9.55. The molecular weight excluding hydrogens is 399 g/mol. The van der Waals surface area contributed by atoms with Crippen molar-refractivity contribution >= 4 is 39.0 Å². The van der Waals surface area contributed by atoms with Crippen LogP contribution in [0.3, 0.4) is 0 Å². The monoisotopic (exact) mass is 410 g/mol. The van der Waals surface area contributed by atoms with Crippen LogP contribution in [-0.2, 0) is 4.74 Å². The largest absolute Gasteiger partial charge is 0.462 e. The predicted molar refractivity (Wildman–Crippen MR) is 94.0 cm³/mol. The van der Waals surface area contributed by atoms with Crippen molar-refractivity contribution in [1.82, 2.24) is 9.38 Å². The molecule has 0 spiro atoms. The van der Waals surface area contributed by atoms with Crippen molar-refractivity contribution in [3.63, 3.8) is 0 Å². The van der Waals surface area contributed by atoms with Crippen LogP contribution in [0.25, 0.3) is 16.9 Å². The molecule has 0 bridgehead atoms. The van der Waals surface area contributed by atoms with Crippen molar-refractivity contribution in [2.75, 3.05) is 6.61 Å². The number of carbonyl (C=O) groups excluding carboxylic acids is 1. The van der Waals surface area contributed by atoms with Crippen LogP contribution in [0.15, 0.2) is 35.1 Å². The van der Waals surface area contributed by atoms with Gasteiger partial charge in [-0.1, -0.05) is 11.6 Å². The second-order valence-corrected chi connectivity index (χ2v) is 6.38. The quantitative estimate of drug-likeness (QED) is 0.567. The van der Waals surface area contributed by atoms with E-state index in [2.05, 4.69) is 20.9 Å². The molecule has 0 radical (unpaired) electrons. The first-order valence-electron chi connectivity index (χ1n) is 7.23. The fourth-order valence-corrected chi connectivity index (χ4v) is 3.36. The highest BCUT2D eigenvalue weighted by atomic mass is 79.9. The lowest BCUT2D eigenvalue weighted by atomic mass is 10.1. The van der Waals surface area contributed by atoms with E-state index in [1.807, 2.05) is 6.07 Å². The molecule has 124 valence electrons. The van der Waals surface area contributed by atoms with E-state index in [1.165, 1.54) is 12.1 Å². The van der Waals surface area contributed by atoms with Gasteiger partial charge in [0.1, 0.15) is 21.8 Å². The topological polar surface area (TPSA) is 43.6 Å². The average Bonchev–Trinajstić information content (AvgIpc) is 2.83. The molecular formula is C17H13BrClFN2O2. The van der Waals surface area contributed by atoms with Crippen molar-refractivity contribution in [2.24, 2.45) is 0 Å². The van der Waals surface area contributed by atoms with E-state index in [1.54, 1.807) is 30.5 Å². The first-order chi connectivity index (χ1) is 11.4. The number of benzene rings is 1. The van der Waals surface area contributed by atoms with Crippen molar-refractivity contribution in [3.8, 4) is 11.4 Å². The van der Waals surface area contributed by atoms with E-state index in [0.717, 1.165) is 5.56 Å². The molecule has 4 nitrogen and oxygen atoms in total. The molecule has 0 aliphatic rings. The summed E-state index contributed by atoms with van der Waals surface area (Å²) in [5, 5.41) is 0.267. The lowest BCUT2D eigenvalue weighted by molar-refractivity contribution is 0.0528. The molecule has 0 unspecified atom stereocenters. The fraction of sp³-hybridized carbons (Fsp3) is 0.176. The standard InChI is InChI=1S/C17H13BrClFN2O2/c1-3-24-17(23)13-12(19)4-5-22-14(13)15(18)21-16(22)10-6-9(2)7-11(20)8-10/h4-8H,3H2,1-2H3. The molecule has 2 heterocycles. The number of rotatable bonds is 3. The zero-order valence-corrected chi connectivity index (χ0v) is 15.3. The van der Waals surface area contributed by atoms with Crippen LogP contribution >= 0.6 is 27.5 Å². The summed E-state index contributed by atoms with van der Waals surface area (Å²) < 4.78 is 21.0. The van der Waals surface area contributed by atoms with Gasteiger partial charge in [-0.25, -0.2) is 14.2 Å². The number of hydrogen-bond donors (Lipinski definition) is 0. The zero-order chi connectivity index (χ0) is 17.4. The van der Waals surface area contributed by atoms with Crippen LogP contribution < -0.4 is 0 Å². The molecule has 3 rings (SSSR count). The predicted octanol–water partition coefficient (Wildman–Crippen LogP) is 5.04. The number of hydrogen-bond acceptors (Lipinski definition) is 3. The third kappa shape index (κ3) is 2.91. The maximum Gasteiger partial charge on any atom is 0.341 e. The Bertz CT molecular complexity index is 935. The Morgan fingerprint density at radius 1 is 1.42 bits per heavy atom. The molecule has 24 heavy (non-hydrogen) atoms. The minimum absolute atomic E-state index is 0.222. The van der Waals surface area contributed by atoms with Gasteiger partial charge in [0.05, 0.1) is 17.1 Å². The summed E-state index contributed by atoms with van der Waals surface area (Å²) in [5.41, 5.74) is 2.08. The summed E-state index contributed by atoms with van der Waals surface area (Å²) in [7, 11) is 0. The number of fused-ring (bicyclic) bond motifs is 1. The lowest BCUT2D eigenvalue weighted by Crippen LogP contribution is -2.08. The van der Waals surface area contributed by atoms with E-state index in [-0.39, 0.29) is 23.0 Å². The average molecular weight is 412 g/mol. The number of aromatic nitrogens is 2. The number of nitrogens with zero attached hydrogens (tertiary/aromatic N) is 2. The Morgan fingerprint density at radius 2 is 2.17 bits per heavy atom. The smallest absolute Gasteiger partial charge is 0.341 e. The van der Waals surface area contributed by atoms with Crippen LogP contribution in [0.5, 0.6) is 0 Å². The maximum atomic E-state index is 13.7. The molecule has 3 aromatic rings. The molecule has 2 aromatic heterocycles. The molecule has 7 heteroatoms. The van der Waals surface area contributed by atoms with Crippen LogP contribution in [0.4, 0.5) is 4.39 Å². The molecule has 0 saturated heterocycles. The summed E-state index contributed by atoms with van der Waals surface area (Å²) in [6.07, 6.45) is 1.69. The normalized spacial score (nSPS) is 11.0. The van der Waals surface area contributed by atoms with E-state index >= 15 is 0 Å². The fourth-order valence-electron chi connectivity index (χ4n) is 2.58. The number of imidazole rings is 1. The van der Waals surface area contributed by atoms with Gasteiger partial charge in [-0.05, 0) is 59.6 Å². The Kier molecular flexibility index (Phi) is 4.60. The SMILES string of the molecule is CCOC(=O)c1c(Cl)ccn2c(-c3cc(C)cc(F)c3)nc(Br)c12. The maximum absolute atomic E-state index is 13.7. The van der Waals surface area contributed by atoms with Crippen LogP contribution in [0, 0.1) is 12.7 Å². The van der Waals surface area contributed by atoms with E-state index in [0.29, 0.717) is 21.5 Å². The van der Waals surface area contributed by atoms with Gasteiger partial charge in [0, 0.05) is 11.8 Å². The van der Waals surface area contributed by atoms with Gasteiger partial charge in [0.2, 0.25) is 0 Å².